The van der Waals surface area contributed by atoms with Crippen molar-refractivity contribution < 1.29 is 28.2 Å². The first kappa shape index (κ1) is 11.2. The molecule has 0 saturated heterocycles. The second-order valence-electron chi connectivity index (χ2n) is 2.05. The van der Waals surface area contributed by atoms with Crippen LogP contribution in [0, 0.1) is 0 Å². The monoisotopic (exact) mass is 184 g/mol. The van der Waals surface area contributed by atoms with E-state index in [4.69, 9.17) is 5.11 Å². The van der Waals surface area contributed by atoms with Crippen molar-refractivity contribution in [2.45, 2.75) is 5.92 Å². The second kappa shape index (κ2) is 5.00. The summed E-state index contributed by atoms with van der Waals surface area (Å²) >= 11 is 0. The van der Waals surface area contributed by atoms with Crippen molar-refractivity contribution >= 4 is 5.97 Å². The highest BCUT2D eigenvalue weighted by Crippen LogP contribution is 2.13. The zero-order valence-corrected chi connectivity index (χ0v) is 6.55. The van der Waals surface area contributed by atoms with Gasteiger partial charge in [-0.15, -0.1) is 0 Å². The van der Waals surface area contributed by atoms with Gasteiger partial charge in [0.05, 0.1) is 13.2 Å². The van der Waals surface area contributed by atoms with Crippen LogP contribution in [0.5, 0.6) is 0 Å². The van der Waals surface area contributed by atoms with Crippen LogP contribution >= 0.6 is 0 Å². The van der Waals surface area contributed by atoms with Crippen LogP contribution in [0.15, 0.2) is 0 Å². The molecule has 0 aromatic carbocycles. The van der Waals surface area contributed by atoms with E-state index in [9.17, 15) is 13.6 Å². The molecule has 0 spiro atoms. The van der Waals surface area contributed by atoms with Gasteiger partial charge in [0.1, 0.15) is 6.61 Å². The lowest BCUT2D eigenvalue weighted by molar-refractivity contribution is -0.173. The number of halogens is 2. The van der Waals surface area contributed by atoms with Crippen LogP contribution < -0.4 is 0 Å². The van der Waals surface area contributed by atoms with Crippen molar-refractivity contribution in [3.05, 3.63) is 0 Å². The van der Waals surface area contributed by atoms with Gasteiger partial charge in [-0.3, -0.25) is 0 Å². The van der Waals surface area contributed by atoms with E-state index < -0.39 is 18.5 Å². The molecule has 0 heterocycles. The normalized spacial score (nSPS) is 11.6. The Morgan fingerprint density at radius 2 is 2.08 bits per heavy atom. The summed E-state index contributed by atoms with van der Waals surface area (Å²) in [6.45, 7) is -0.999. The molecule has 0 atom stereocenters. The highest BCUT2D eigenvalue weighted by atomic mass is 19.3. The van der Waals surface area contributed by atoms with E-state index in [2.05, 4.69) is 9.47 Å². The first-order chi connectivity index (χ1) is 5.50. The highest BCUT2D eigenvalue weighted by Gasteiger charge is 2.38. The lowest BCUT2D eigenvalue weighted by Crippen LogP contribution is -2.34. The lowest BCUT2D eigenvalue weighted by atomic mass is 10.4. The van der Waals surface area contributed by atoms with Crippen molar-refractivity contribution in [2.24, 2.45) is 0 Å². The van der Waals surface area contributed by atoms with Gasteiger partial charge in [0, 0.05) is 7.11 Å². The average Bonchev–Trinajstić information content (AvgIpc) is 1.98. The Labute approximate surface area is 68.1 Å². The van der Waals surface area contributed by atoms with Crippen LogP contribution in [-0.4, -0.2) is 43.9 Å². The molecule has 0 bridgehead atoms. The van der Waals surface area contributed by atoms with E-state index in [1.807, 2.05) is 0 Å². The van der Waals surface area contributed by atoms with E-state index >= 15 is 0 Å². The van der Waals surface area contributed by atoms with Crippen LogP contribution in [0.25, 0.3) is 0 Å². The van der Waals surface area contributed by atoms with Crippen LogP contribution in [0.2, 0.25) is 0 Å². The van der Waals surface area contributed by atoms with Crippen molar-refractivity contribution in [3.63, 3.8) is 0 Å². The summed E-state index contributed by atoms with van der Waals surface area (Å²) in [6.07, 6.45) is 0. The molecule has 0 aliphatic carbocycles. The number of ether oxygens (including phenoxy) is 2. The Morgan fingerprint density at radius 3 is 2.50 bits per heavy atom. The van der Waals surface area contributed by atoms with Gasteiger partial charge in [0.15, 0.2) is 0 Å². The molecule has 0 radical (unpaired) electrons. The smallest absolute Gasteiger partial charge is 0.377 e. The number of rotatable bonds is 6. The fourth-order valence-corrected chi connectivity index (χ4v) is 0.404. The Kier molecular flexibility index (Phi) is 4.68. The van der Waals surface area contributed by atoms with Gasteiger partial charge in [-0.05, 0) is 0 Å². The Morgan fingerprint density at radius 1 is 1.50 bits per heavy atom. The molecule has 4 nitrogen and oxygen atoms in total. The molecule has 0 aliphatic heterocycles. The third-order valence-corrected chi connectivity index (χ3v) is 1.03. The van der Waals surface area contributed by atoms with Crippen molar-refractivity contribution in [1.29, 1.82) is 0 Å². The standard InChI is InChI=1S/C6H10F2O4/c1-11-2-3-12-4-6(7,8)5(9)10/h2-4H2,1H3,(H,9,10). The lowest BCUT2D eigenvalue weighted by Gasteiger charge is -2.10. The molecule has 0 rings (SSSR count). The molecule has 0 saturated carbocycles. The fourth-order valence-electron chi connectivity index (χ4n) is 0.404. The third kappa shape index (κ3) is 4.20. The van der Waals surface area contributed by atoms with Crippen LogP contribution in [-0.2, 0) is 14.3 Å². The quantitative estimate of drug-likeness (QED) is 0.606. The third-order valence-electron chi connectivity index (χ3n) is 1.03. The van der Waals surface area contributed by atoms with Gasteiger partial charge in [-0.25, -0.2) is 4.79 Å². The van der Waals surface area contributed by atoms with Crippen LogP contribution in [0.4, 0.5) is 8.78 Å². The number of hydrogen-bond donors (Lipinski definition) is 1. The maximum Gasteiger partial charge on any atom is 0.377 e. The second-order valence-corrected chi connectivity index (χ2v) is 2.05. The minimum atomic E-state index is -3.81. The first-order valence-corrected chi connectivity index (χ1v) is 3.18. The summed E-state index contributed by atoms with van der Waals surface area (Å²) in [5.41, 5.74) is 0. The molecule has 6 heteroatoms. The Balaban J connectivity index is 3.54. The maximum atomic E-state index is 12.2. The summed E-state index contributed by atoms with van der Waals surface area (Å²) in [4.78, 5) is 9.82. The first-order valence-electron chi connectivity index (χ1n) is 3.18. The van der Waals surface area contributed by atoms with E-state index in [1.165, 1.54) is 7.11 Å². The summed E-state index contributed by atoms with van der Waals surface area (Å²) < 4.78 is 33.3. The number of carboxylic acid groups (broad SMARTS) is 1. The van der Waals surface area contributed by atoms with E-state index in [0.29, 0.717) is 0 Å². The van der Waals surface area contributed by atoms with E-state index in [-0.39, 0.29) is 13.2 Å². The number of alkyl halides is 2. The molecular formula is C6H10F2O4. The number of hydrogen-bond acceptors (Lipinski definition) is 3. The molecule has 0 aromatic rings. The van der Waals surface area contributed by atoms with Gasteiger partial charge in [-0.2, -0.15) is 8.78 Å². The topological polar surface area (TPSA) is 55.8 Å². The summed E-state index contributed by atoms with van der Waals surface area (Å²) in [5.74, 6) is -5.99. The van der Waals surface area contributed by atoms with Crippen LogP contribution in [0.1, 0.15) is 0 Å². The van der Waals surface area contributed by atoms with Crippen molar-refractivity contribution in [3.8, 4) is 0 Å². The number of carboxylic acids is 1. The minimum absolute atomic E-state index is 0.0423. The summed E-state index contributed by atoms with van der Waals surface area (Å²) in [6, 6.07) is 0. The minimum Gasteiger partial charge on any atom is -0.477 e. The Bertz CT molecular complexity index is 148. The van der Waals surface area contributed by atoms with Crippen LogP contribution in [0.3, 0.4) is 0 Å². The van der Waals surface area contributed by atoms with E-state index in [0.717, 1.165) is 0 Å². The SMILES string of the molecule is COCCOCC(F)(F)C(=O)O. The maximum absolute atomic E-state index is 12.2. The molecule has 12 heavy (non-hydrogen) atoms. The molecule has 1 N–H and O–H groups in total. The molecular weight excluding hydrogens is 174 g/mol. The Hall–Kier alpha value is -0.750. The summed E-state index contributed by atoms with van der Waals surface area (Å²) in [5, 5.41) is 7.94. The molecule has 0 unspecified atom stereocenters. The molecule has 72 valence electrons. The summed E-state index contributed by atoms with van der Waals surface area (Å²) in [7, 11) is 1.39. The van der Waals surface area contributed by atoms with Gasteiger partial charge >= 0.3 is 11.9 Å². The zero-order chi connectivity index (χ0) is 9.61. The van der Waals surface area contributed by atoms with E-state index in [1.54, 1.807) is 0 Å². The van der Waals surface area contributed by atoms with Gasteiger partial charge in [-0.1, -0.05) is 0 Å². The largest absolute Gasteiger partial charge is 0.477 e. The fraction of sp³-hybridized carbons (Fsp3) is 0.833. The van der Waals surface area contributed by atoms with Crippen molar-refractivity contribution in [1.82, 2.24) is 0 Å². The average molecular weight is 184 g/mol. The molecule has 0 fully saturated rings. The highest BCUT2D eigenvalue weighted by molar-refractivity contribution is 5.75. The number of methoxy groups -OCH3 is 1. The number of aliphatic carboxylic acids is 1. The molecule has 0 amide bonds. The predicted molar refractivity (Wildman–Crippen MR) is 35.3 cm³/mol. The van der Waals surface area contributed by atoms with Gasteiger partial charge in [0.2, 0.25) is 0 Å². The van der Waals surface area contributed by atoms with Crippen molar-refractivity contribution in [2.75, 3.05) is 26.9 Å². The molecule has 0 aliphatic rings. The van der Waals surface area contributed by atoms with Gasteiger partial charge in [0.25, 0.3) is 0 Å². The molecule has 0 aromatic heterocycles. The zero-order valence-electron chi connectivity index (χ0n) is 6.55. The van der Waals surface area contributed by atoms with Gasteiger partial charge < -0.3 is 14.6 Å². The number of carbonyl (C=O) groups is 1. The predicted octanol–water partition coefficient (Wildman–Crippen LogP) is 0.369.